The smallest absolute Gasteiger partial charge is 0.383 e. The van der Waals surface area contributed by atoms with Gasteiger partial charge in [-0.05, 0) is 19.2 Å². The van der Waals surface area contributed by atoms with Crippen molar-refractivity contribution in [3.63, 3.8) is 0 Å². The molecule has 0 aliphatic rings. The van der Waals surface area contributed by atoms with E-state index in [0.717, 1.165) is 6.07 Å². The Bertz CT molecular complexity index is 464. The number of nitrogens with one attached hydrogen (secondary N) is 1. The number of halogens is 3. The van der Waals surface area contributed by atoms with Crippen LogP contribution in [0, 0.1) is 0 Å². The molecule has 0 heterocycles. The topological polar surface area (TPSA) is 41.6 Å². The van der Waals surface area contributed by atoms with Gasteiger partial charge < -0.3 is 15.0 Å². The van der Waals surface area contributed by atoms with Crippen LogP contribution in [-0.4, -0.2) is 51.2 Å². The maximum absolute atomic E-state index is 12.8. The lowest BCUT2D eigenvalue weighted by Gasteiger charge is -2.17. The highest BCUT2D eigenvalue weighted by atomic mass is 19.4. The van der Waals surface area contributed by atoms with Gasteiger partial charge in [-0.2, -0.15) is 13.2 Å². The molecule has 0 spiro atoms. The summed E-state index contributed by atoms with van der Waals surface area (Å²) >= 11 is 0. The van der Waals surface area contributed by atoms with Crippen LogP contribution in [0.1, 0.15) is 15.9 Å². The summed E-state index contributed by atoms with van der Waals surface area (Å²) in [5, 5.41) is 2.50. The van der Waals surface area contributed by atoms with Crippen molar-refractivity contribution in [3.05, 3.63) is 35.4 Å². The van der Waals surface area contributed by atoms with Gasteiger partial charge in [0.2, 0.25) is 0 Å². The van der Waals surface area contributed by atoms with Crippen LogP contribution < -0.4 is 5.32 Å². The molecule has 21 heavy (non-hydrogen) atoms. The van der Waals surface area contributed by atoms with Gasteiger partial charge in [-0.15, -0.1) is 0 Å². The number of ether oxygens (including phenoxy) is 1. The minimum absolute atomic E-state index is 0.269. The Hall–Kier alpha value is -1.60. The van der Waals surface area contributed by atoms with E-state index >= 15 is 0 Å². The normalized spacial score (nSPS) is 11.7. The lowest BCUT2D eigenvalue weighted by atomic mass is 10.1. The standard InChI is InChI=1S/C14H19F3N2O2/c1-19(9-10-21-2)8-7-18-13(20)11-5-3-4-6-12(11)14(15,16)17/h3-6H,7-10H2,1-2H3,(H,18,20). The quantitative estimate of drug-likeness (QED) is 0.838. The minimum Gasteiger partial charge on any atom is -0.383 e. The molecule has 0 radical (unpaired) electrons. The van der Waals surface area contributed by atoms with Crippen molar-refractivity contribution < 1.29 is 22.7 Å². The van der Waals surface area contributed by atoms with Crippen LogP contribution in [0.4, 0.5) is 13.2 Å². The molecule has 0 bridgehead atoms. The van der Waals surface area contributed by atoms with Crippen LogP contribution >= 0.6 is 0 Å². The van der Waals surface area contributed by atoms with Crippen LogP contribution in [0.25, 0.3) is 0 Å². The van der Waals surface area contributed by atoms with Gasteiger partial charge in [0.1, 0.15) is 0 Å². The lowest BCUT2D eigenvalue weighted by molar-refractivity contribution is -0.137. The number of benzene rings is 1. The van der Waals surface area contributed by atoms with Gasteiger partial charge in [-0.1, -0.05) is 12.1 Å². The number of likely N-dealkylation sites (N-methyl/N-ethyl adjacent to an activating group) is 1. The molecule has 7 heteroatoms. The molecule has 4 nitrogen and oxygen atoms in total. The summed E-state index contributed by atoms with van der Waals surface area (Å²) in [6.45, 7) is 2.04. The van der Waals surface area contributed by atoms with Crippen molar-refractivity contribution in [3.8, 4) is 0 Å². The highest BCUT2D eigenvalue weighted by Crippen LogP contribution is 2.31. The first-order valence-electron chi connectivity index (χ1n) is 6.48. The largest absolute Gasteiger partial charge is 0.417 e. The van der Waals surface area contributed by atoms with Crippen molar-refractivity contribution in [1.29, 1.82) is 0 Å². The van der Waals surface area contributed by atoms with Crippen molar-refractivity contribution in [1.82, 2.24) is 10.2 Å². The number of amides is 1. The van der Waals surface area contributed by atoms with Gasteiger partial charge in [0.25, 0.3) is 5.91 Å². The van der Waals surface area contributed by atoms with E-state index in [1.807, 2.05) is 11.9 Å². The van der Waals surface area contributed by atoms with Crippen LogP contribution in [-0.2, 0) is 10.9 Å². The second kappa shape index (κ2) is 7.99. The van der Waals surface area contributed by atoms with Gasteiger partial charge >= 0.3 is 6.18 Å². The molecule has 0 aliphatic heterocycles. The predicted molar refractivity (Wildman–Crippen MR) is 73.2 cm³/mol. The van der Waals surface area contributed by atoms with Gasteiger partial charge in [0.15, 0.2) is 0 Å². The summed E-state index contributed by atoms with van der Waals surface area (Å²) in [5.41, 5.74) is -1.28. The molecule has 1 aromatic carbocycles. The van der Waals surface area contributed by atoms with Gasteiger partial charge in [0.05, 0.1) is 17.7 Å². The number of alkyl halides is 3. The third-order valence-electron chi connectivity index (χ3n) is 2.93. The van der Waals surface area contributed by atoms with E-state index in [1.54, 1.807) is 7.11 Å². The first kappa shape index (κ1) is 17.5. The van der Waals surface area contributed by atoms with Gasteiger partial charge in [-0.3, -0.25) is 4.79 Å². The number of carbonyl (C=O) groups is 1. The van der Waals surface area contributed by atoms with E-state index in [1.165, 1.54) is 18.2 Å². The molecule has 118 valence electrons. The summed E-state index contributed by atoms with van der Waals surface area (Å²) in [6.07, 6.45) is -4.54. The van der Waals surface area contributed by atoms with Crippen LogP contribution in [0.3, 0.4) is 0 Å². The zero-order valence-corrected chi connectivity index (χ0v) is 12.0. The summed E-state index contributed by atoms with van der Waals surface area (Å²) in [4.78, 5) is 13.8. The highest BCUT2D eigenvalue weighted by molar-refractivity contribution is 5.95. The number of nitrogens with zero attached hydrogens (tertiary/aromatic N) is 1. The number of hydrogen-bond donors (Lipinski definition) is 1. The van der Waals surface area contributed by atoms with Crippen molar-refractivity contribution >= 4 is 5.91 Å². The maximum Gasteiger partial charge on any atom is 0.417 e. The summed E-state index contributed by atoms with van der Waals surface area (Å²) in [5.74, 6) is -0.719. The molecule has 0 aromatic heterocycles. The Kier molecular flexibility index (Phi) is 6.64. The highest BCUT2D eigenvalue weighted by Gasteiger charge is 2.34. The Morgan fingerprint density at radius 3 is 2.57 bits per heavy atom. The third-order valence-corrected chi connectivity index (χ3v) is 2.93. The summed E-state index contributed by atoms with van der Waals surface area (Å²) in [7, 11) is 3.43. The zero-order chi connectivity index (χ0) is 15.9. The number of carbonyl (C=O) groups excluding carboxylic acids is 1. The van der Waals surface area contributed by atoms with E-state index in [4.69, 9.17) is 4.74 Å². The zero-order valence-electron chi connectivity index (χ0n) is 12.0. The third kappa shape index (κ3) is 5.73. The predicted octanol–water partition coefficient (Wildman–Crippen LogP) is 2.01. The van der Waals surface area contributed by atoms with Crippen molar-refractivity contribution in [2.24, 2.45) is 0 Å². The van der Waals surface area contributed by atoms with Gasteiger partial charge in [-0.25, -0.2) is 0 Å². The van der Waals surface area contributed by atoms with Gasteiger partial charge in [0, 0.05) is 26.7 Å². The monoisotopic (exact) mass is 304 g/mol. The number of rotatable bonds is 7. The fourth-order valence-electron chi connectivity index (χ4n) is 1.74. The van der Waals surface area contributed by atoms with E-state index in [-0.39, 0.29) is 12.1 Å². The molecular weight excluding hydrogens is 285 g/mol. The van der Waals surface area contributed by atoms with E-state index < -0.39 is 17.6 Å². The first-order chi connectivity index (χ1) is 9.86. The second-order valence-electron chi connectivity index (χ2n) is 4.60. The summed E-state index contributed by atoms with van der Waals surface area (Å²) in [6, 6.07) is 4.75. The molecule has 0 atom stereocenters. The Morgan fingerprint density at radius 1 is 1.29 bits per heavy atom. The molecule has 1 rings (SSSR count). The van der Waals surface area contributed by atoms with Crippen LogP contribution in [0.15, 0.2) is 24.3 Å². The average Bonchev–Trinajstić information content (AvgIpc) is 2.44. The fraction of sp³-hybridized carbons (Fsp3) is 0.500. The molecule has 0 fully saturated rings. The SMILES string of the molecule is COCCN(C)CCNC(=O)c1ccccc1C(F)(F)F. The first-order valence-corrected chi connectivity index (χ1v) is 6.48. The van der Waals surface area contributed by atoms with Crippen molar-refractivity contribution in [2.75, 3.05) is 40.4 Å². The van der Waals surface area contributed by atoms with E-state index in [0.29, 0.717) is 19.7 Å². The fourth-order valence-corrected chi connectivity index (χ4v) is 1.74. The maximum atomic E-state index is 12.8. The molecule has 0 saturated carbocycles. The summed E-state index contributed by atoms with van der Waals surface area (Å²) < 4.78 is 43.3. The Balaban J connectivity index is 2.57. The van der Waals surface area contributed by atoms with E-state index in [2.05, 4.69) is 5.32 Å². The molecule has 0 unspecified atom stereocenters. The molecule has 0 saturated heterocycles. The van der Waals surface area contributed by atoms with Crippen LogP contribution in [0.5, 0.6) is 0 Å². The van der Waals surface area contributed by atoms with Crippen LogP contribution in [0.2, 0.25) is 0 Å². The molecular formula is C14H19F3N2O2. The minimum atomic E-state index is -4.54. The second-order valence-corrected chi connectivity index (χ2v) is 4.60. The van der Waals surface area contributed by atoms with E-state index in [9.17, 15) is 18.0 Å². The Labute approximate surface area is 121 Å². The Morgan fingerprint density at radius 2 is 1.95 bits per heavy atom. The molecule has 1 aromatic rings. The number of hydrogen-bond acceptors (Lipinski definition) is 3. The molecule has 1 amide bonds. The average molecular weight is 304 g/mol. The molecule has 1 N–H and O–H groups in total. The van der Waals surface area contributed by atoms with Crippen molar-refractivity contribution in [2.45, 2.75) is 6.18 Å². The lowest BCUT2D eigenvalue weighted by Crippen LogP contribution is -2.35. The molecule has 0 aliphatic carbocycles. The number of methoxy groups -OCH3 is 1.